The van der Waals surface area contributed by atoms with E-state index in [1.165, 1.54) is 20.2 Å². The Balaban J connectivity index is 1.83. The molecular weight excluding hydrogens is 301 g/mol. The summed E-state index contributed by atoms with van der Waals surface area (Å²) < 4.78 is 13.6. The first-order valence-electron chi connectivity index (χ1n) is 7.30. The quantitative estimate of drug-likeness (QED) is 0.813. The summed E-state index contributed by atoms with van der Waals surface area (Å²) in [6, 6.07) is 7.96. The van der Waals surface area contributed by atoms with Gasteiger partial charge in [-0.05, 0) is 68.3 Å². The number of thioether (sulfide) groups is 1. The van der Waals surface area contributed by atoms with Gasteiger partial charge in [0.25, 0.3) is 0 Å². The molecule has 112 valence electrons. The minimum Gasteiger partial charge on any atom is -0.303 e. The first kappa shape index (κ1) is 15.1. The SMILES string of the molecule is Cc1cc(C(C)NC2CCSc3ccc(F)cc32)c(C)s1. The molecular formula is C17H20FNS2. The highest BCUT2D eigenvalue weighted by Gasteiger charge is 2.23. The van der Waals surface area contributed by atoms with Crippen LogP contribution in [0.25, 0.3) is 0 Å². The molecule has 0 fully saturated rings. The monoisotopic (exact) mass is 321 g/mol. The van der Waals surface area contributed by atoms with Gasteiger partial charge in [0.1, 0.15) is 5.82 Å². The zero-order chi connectivity index (χ0) is 15.0. The Labute approximate surface area is 134 Å². The summed E-state index contributed by atoms with van der Waals surface area (Å²) in [5.41, 5.74) is 2.48. The second-order valence-corrected chi connectivity index (χ2v) is 8.23. The minimum absolute atomic E-state index is 0.140. The van der Waals surface area contributed by atoms with Crippen molar-refractivity contribution < 1.29 is 4.39 Å². The number of rotatable bonds is 3. The van der Waals surface area contributed by atoms with Gasteiger partial charge in [-0.25, -0.2) is 4.39 Å². The zero-order valence-corrected chi connectivity index (χ0v) is 14.2. The molecule has 0 saturated heterocycles. The Hall–Kier alpha value is -0.840. The van der Waals surface area contributed by atoms with Crippen molar-refractivity contribution >= 4 is 23.1 Å². The lowest BCUT2D eigenvalue weighted by Gasteiger charge is -2.29. The van der Waals surface area contributed by atoms with Gasteiger partial charge >= 0.3 is 0 Å². The van der Waals surface area contributed by atoms with Gasteiger partial charge < -0.3 is 5.32 Å². The van der Waals surface area contributed by atoms with E-state index in [1.54, 1.807) is 12.1 Å². The highest BCUT2D eigenvalue weighted by molar-refractivity contribution is 7.99. The van der Waals surface area contributed by atoms with E-state index in [-0.39, 0.29) is 11.9 Å². The van der Waals surface area contributed by atoms with Crippen molar-refractivity contribution in [1.29, 1.82) is 0 Å². The van der Waals surface area contributed by atoms with Crippen LogP contribution in [-0.2, 0) is 0 Å². The van der Waals surface area contributed by atoms with Gasteiger partial charge in [0, 0.05) is 26.7 Å². The molecule has 0 saturated carbocycles. The highest BCUT2D eigenvalue weighted by atomic mass is 32.2. The highest BCUT2D eigenvalue weighted by Crippen LogP contribution is 2.38. The molecule has 1 aliphatic heterocycles. The summed E-state index contributed by atoms with van der Waals surface area (Å²) >= 11 is 3.67. The summed E-state index contributed by atoms with van der Waals surface area (Å²) in [5.74, 6) is 0.947. The van der Waals surface area contributed by atoms with Crippen molar-refractivity contribution in [2.45, 2.75) is 44.2 Å². The van der Waals surface area contributed by atoms with Gasteiger partial charge in [0.15, 0.2) is 0 Å². The largest absolute Gasteiger partial charge is 0.303 e. The van der Waals surface area contributed by atoms with Crippen molar-refractivity contribution in [2.75, 3.05) is 5.75 Å². The Kier molecular flexibility index (Phi) is 4.38. The molecule has 0 bridgehead atoms. The molecule has 0 spiro atoms. The topological polar surface area (TPSA) is 12.0 Å². The van der Waals surface area contributed by atoms with E-state index in [1.807, 2.05) is 29.2 Å². The fraction of sp³-hybridized carbons (Fsp3) is 0.412. The van der Waals surface area contributed by atoms with Crippen LogP contribution in [0.4, 0.5) is 4.39 Å². The first-order valence-corrected chi connectivity index (χ1v) is 9.10. The second kappa shape index (κ2) is 6.11. The van der Waals surface area contributed by atoms with E-state index in [0.29, 0.717) is 6.04 Å². The molecule has 0 amide bonds. The Morgan fingerprint density at radius 1 is 1.29 bits per heavy atom. The van der Waals surface area contributed by atoms with E-state index in [2.05, 4.69) is 32.2 Å². The summed E-state index contributed by atoms with van der Waals surface area (Å²) in [5, 5.41) is 3.70. The molecule has 2 heterocycles. The van der Waals surface area contributed by atoms with Crippen molar-refractivity contribution in [3.8, 4) is 0 Å². The van der Waals surface area contributed by atoms with Gasteiger partial charge in [-0.15, -0.1) is 23.1 Å². The molecule has 2 atom stereocenters. The molecule has 0 aliphatic carbocycles. The van der Waals surface area contributed by atoms with Crippen LogP contribution in [0.3, 0.4) is 0 Å². The summed E-state index contributed by atoms with van der Waals surface area (Å²) in [4.78, 5) is 3.93. The van der Waals surface area contributed by atoms with Crippen LogP contribution in [-0.4, -0.2) is 5.75 Å². The average molecular weight is 321 g/mol. The third-order valence-electron chi connectivity index (χ3n) is 4.01. The fourth-order valence-electron chi connectivity index (χ4n) is 3.01. The smallest absolute Gasteiger partial charge is 0.123 e. The van der Waals surface area contributed by atoms with Crippen LogP contribution in [0.5, 0.6) is 0 Å². The number of halogens is 1. The van der Waals surface area contributed by atoms with Crippen molar-refractivity contribution in [3.63, 3.8) is 0 Å². The number of aryl methyl sites for hydroxylation is 2. The molecule has 1 aliphatic rings. The molecule has 21 heavy (non-hydrogen) atoms. The van der Waals surface area contributed by atoms with Gasteiger partial charge in [-0.2, -0.15) is 0 Å². The summed E-state index contributed by atoms with van der Waals surface area (Å²) in [7, 11) is 0. The summed E-state index contributed by atoms with van der Waals surface area (Å²) in [6.07, 6.45) is 1.05. The molecule has 1 aromatic heterocycles. The van der Waals surface area contributed by atoms with E-state index < -0.39 is 0 Å². The Bertz CT molecular complexity index is 650. The lowest BCUT2D eigenvalue weighted by Crippen LogP contribution is -2.27. The number of fused-ring (bicyclic) bond motifs is 1. The predicted molar refractivity (Wildman–Crippen MR) is 89.8 cm³/mol. The maximum atomic E-state index is 13.6. The van der Waals surface area contributed by atoms with Crippen LogP contribution < -0.4 is 5.32 Å². The average Bonchev–Trinajstić information content (AvgIpc) is 2.78. The molecule has 2 unspecified atom stereocenters. The van der Waals surface area contributed by atoms with Gasteiger partial charge in [0.2, 0.25) is 0 Å². The number of hydrogen-bond acceptors (Lipinski definition) is 3. The van der Waals surface area contributed by atoms with E-state index in [0.717, 1.165) is 17.7 Å². The second-order valence-electron chi connectivity index (χ2n) is 5.63. The Morgan fingerprint density at radius 2 is 2.10 bits per heavy atom. The molecule has 0 radical (unpaired) electrons. The van der Waals surface area contributed by atoms with Crippen molar-refractivity contribution in [2.24, 2.45) is 0 Å². The van der Waals surface area contributed by atoms with Crippen LogP contribution in [0.2, 0.25) is 0 Å². The minimum atomic E-state index is -0.140. The number of thiophene rings is 1. The molecule has 3 rings (SSSR count). The number of hydrogen-bond donors (Lipinski definition) is 1. The van der Waals surface area contributed by atoms with E-state index >= 15 is 0 Å². The lowest BCUT2D eigenvalue weighted by atomic mass is 10.0. The van der Waals surface area contributed by atoms with Gasteiger partial charge in [-0.1, -0.05) is 0 Å². The van der Waals surface area contributed by atoms with Gasteiger partial charge in [0.05, 0.1) is 0 Å². The van der Waals surface area contributed by atoms with E-state index in [9.17, 15) is 4.39 Å². The predicted octanol–water partition coefficient (Wildman–Crippen LogP) is 5.39. The van der Waals surface area contributed by atoms with Crippen LogP contribution in [0, 0.1) is 19.7 Å². The maximum absolute atomic E-state index is 13.6. The van der Waals surface area contributed by atoms with Crippen LogP contribution >= 0.6 is 23.1 Å². The summed E-state index contributed by atoms with van der Waals surface area (Å²) in [6.45, 7) is 6.53. The standard InChI is InChI=1S/C17H20FNS2/c1-10-8-14(12(3)21-10)11(2)19-16-6-7-20-17-5-4-13(18)9-15(16)17/h4-5,8-9,11,16,19H,6-7H2,1-3H3. The normalized spacial score (nSPS) is 19.3. The molecule has 4 heteroatoms. The van der Waals surface area contributed by atoms with Gasteiger partial charge in [-0.3, -0.25) is 0 Å². The van der Waals surface area contributed by atoms with Crippen molar-refractivity contribution in [3.05, 3.63) is 51.0 Å². The Morgan fingerprint density at radius 3 is 2.81 bits per heavy atom. The number of nitrogens with one attached hydrogen (secondary N) is 1. The molecule has 1 nitrogen and oxygen atoms in total. The van der Waals surface area contributed by atoms with E-state index in [4.69, 9.17) is 0 Å². The first-order chi connectivity index (χ1) is 10.0. The fourth-order valence-corrected chi connectivity index (χ4v) is 5.14. The number of benzene rings is 1. The van der Waals surface area contributed by atoms with Crippen LogP contribution in [0.15, 0.2) is 29.2 Å². The van der Waals surface area contributed by atoms with Crippen LogP contribution in [0.1, 0.15) is 46.3 Å². The molecule has 1 aromatic carbocycles. The molecule has 1 N–H and O–H groups in total. The zero-order valence-electron chi connectivity index (χ0n) is 12.6. The van der Waals surface area contributed by atoms with Crippen molar-refractivity contribution in [1.82, 2.24) is 5.32 Å². The maximum Gasteiger partial charge on any atom is 0.123 e. The third kappa shape index (κ3) is 3.17. The lowest BCUT2D eigenvalue weighted by molar-refractivity contribution is 0.447. The molecule has 2 aromatic rings. The third-order valence-corrected chi connectivity index (χ3v) is 6.11.